The Morgan fingerprint density at radius 2 is 2.11 bits per heavy atom. The van der Waals surface area contributed by atoms with Gasteiger partial charge in [-0.1, -0.05) is 12.1 Å². The second-order valence-electron chi connectivity index (χ2n) is 4.32. The second-order valence-corrected chi connectivity index (χ2v) is 4.32. The van der Waals surface area contributed by atoms with E-state index in [0.29, 0.717) is 13.0 Å². The van der Waals surface area contributed by atoms with Crippen LogP contribution >= 0.6 is 0 Å². The molecule has 0 radical (unpaired) electrons. The van der Waals surface area contributed by atoms with E-state index in [1.807, 2.05) is 41.0 Å². The molecule has 0 aliphatic heterocycles. The normalized spacial score (nSPS) is 12.9. The van der Waals surface area contributed by atoms with E-state index in [2.05, 4.69) is 4.98 Å². The predicted molar refractivity (Wildman–Crippen MR) is 68.2 cm³/mol. The number of imidazole rings is 1. The van der Waals surface area contributed by atoms with Crippen LogP contribution in [0.25, 0.3) is 11.0 Å². The molecule has 2 aromatic heterocycles. The maximum Gasteiger partial charge on any atom is 0.106 e. The summed E-state index contributed by atoms with van der Waals surface area (Å²) >= 11 is 0. The van der Waals surface area contributed by atoms with Crippen molar-refractivity contribution >= 4 is 11.0 Å². The Labute approximate surface area is 104 Å². The van der Waals surface area contributed by atoms with E-state index in [-0.39, 0.29) is 0 Å². The number of nitrogens with zero attached hydrogens (tertiary/aromatic N) is 2. The molecule has 4 heteroatoms. The largest absolute Gasteiger partial charge is 0.469 e. The molecule has 1 unspecified atom stereocenters. The van der Waals surface area contributed by atoms with Crippen molar-refractivity contribution in [1.29, 1.82) is 0 Å². The van der Waals surface area contributed by atoms with Gasteiger partial charge in [-0.3, -0.25) is 0 Å². The van der Waals surface area contributed by atoms with E-state index in [1.54, 1.807) is 12.6 Å². The third kappa shape index (κ3) is 2.15. The summed E-state index contributed by atoms with van der Waals surface area (Å²) in [5.74, 6) is 0.798. The first-order valence-electron chi connectivity index (χ1n) is 5.93. The van der Waals surface area contributed by atoms with E-state index in [4.69, 9.17) is 4.42 Å². The lowest BCUT2D eigenvalue weighted by molar-refractivity contribution is 0.149. The molecule has 1 N–H and O–H groups in total. The van der Waals surface area contributed by atoms with Crippen LogP contribution in [0.3, 0.4) is 0 Å². The zero-order valence-corrected chi connectivity index (χ0v) is 9.86. The lowest BCUT2D eigenvalue weighted by Crippen LogP contribution is -2.17. The monoisotopic (exact) mass is 242 g/mol. The minimum atomic E-state index is -0.478. The topological polar surface area (TPSA) is 51.2 Å². The van der Waals surface area contributed by atoms with Gasteiger partial charge in [0.05, 0.1) is 36.3 Å². The summed E-state index contributed by atoms with van der Waals surface area (Å²) in [6, 6.07) is 11.6. The van der Waals surface area contributed by atoms with Gasteiger partial charge in [0.25, 0.3) is 0 Å². The van der Waals surface area contributed by atoms with Crippen molar-refractivity contribution in [2.75, 3.05) is 0 Å². The van der Waals surface area contributed by atoms with Crippen molar-refractivity contribution in [3.8, 4) is 0 Å². The van der Waals surface area contributed by atoms with Crippen molar-refractivity contribution in [3.05, 3.63) is 54.7 Å². The van der Waals surface area contributed by atoms with Crippen molar-refractivity contribution in [3.63, 3.8) is 0 Å². The van der Waals surface area contributed by atoms with Crippen LogP contribution in [-0.2, 0) is 13.0 Å². The van der Waals surface area contributed by atoms with Gasteiger partial charge in [0.2, 0.25) is 0 Å². The van der Waals surface area contributed by atoms with E-state index >= 15 is 0 Å². The van der Waals surface area contributed by atoms with Gasteiger partial charge in [-0.05, 0) is 24.3 Å². The molecule has 0 aliphatic carbocycles. The van der Waals surface area contributed by atoms with E-state index in [0.717, 1.165) is 16.8 Å². The van der Waals surface area contributed by atoms with Crippen molar-refractivity contribution in [2.45, 2.75) is 19.1 Å². The summed E-state index contributed by atoms with van der Waals surface area (Å²) in [7, 11) is 0. The Morgan fingerprint density at radius 3 is 2.94 bits per heavy atom. The van der Waals surface area contributed by atoms with E-state index in [1.165, 1.54) is 0 Å². The molecule has 0 saturated carbocycles. The molecule has 4 nitrogen and oxygen atoms in total. The SMILES string of the molecule is OC(Cc1ccco1)Cn1cnc2ccccc21. The Morgan fingerprint density at radius 1 is 1.22 bits per heavy atom. The van der Waals surface area contributed by atoms with Crippen LogP contribution in [0.15, 0.2) is 53.4 Å². The highest BCUT2D eigenvalue weighted by atomic mass is 16.3. The van der Waals surface area contributed by atoms with Gasteiger partial charge in [-0.15, -0.1) is 0 Å². The number of aliphatic hydroxyl groups excluding tert-OH is 1. The minimum absolute atomic E-state index is 0.478. The molecule has 92 valence electrons. The molecule has 0 fully saturated rings. The van der Waals surface area contributed by atoms with Crippen molar-refractivity contribution < 1.29 is 9.52 Å². The van der Waals surface area contributed by atoms with Gasteiger partial charge in [0, 0.05) is 6.42 Å². The number of para-hydroxylation sites is 2. The van der Waals surface area contributed by atoms with Gasteiger partial charge in [-0.25, -0.2) is 4.98 Å². The van der Waals surface area contributed by atoms with Gasteiger partial charge >= 0.3 is 0 Å². The molecule has 2 heterocycles. The third-order valence-electron chi connectivity index (χ3n) is 2.95. The highest BCUT2D eigenvalue weighted by Gasteiger charge is 2.10. The van der Waals surface area contributed by atoms with Crippen LogP contribution in [0.2, 0.25) is 0 Å². The molecule has 3 rings (SSSR count). The van der Waals surface area contributed by atoms with Gasteiger partial charge < -0.3 is 14.1 Å². The highest BCUT2D eigenvalue weighted by molar-refractivity contribution is 5.74. The maximum absolute atomic E-state index is 10.0. The van der Waals surface area contributed by atoms with E-state index < -0.39 is 6.10 Å². The first-order chi connectivity index (χ1) is 8.83. The fourth-order valence-electron chi connectivity index (χ4n) is 2.11. The second kappa shape index (κ2) is 4.66. The molecule has 1 atom stereocenters. The van der Waals surface area contributed by atoms with Crippen LogP contribution in [0, 0.1) is 0 Å². The Kier molecular flexibility index (Phi) is 2.86. The molecule has 0 saturated heterocycles. The van der Waals surface area contributed by atoms with Crippen molar-refractivity contribution in [2.24, 2.45) is 0 Å². The predicted octanol–water partition coefficient (Wildman–Crippen LogP) is 2.23. The van der Waals surface area contributed by atoms with Crippen LogP contribution in [-0.4, -0.2) is 20.8 Å². The number of furan rings is 1. The standard InChI is InChI=1S/C14H14N2O2/c17-11(8-12-4-3-7-18-12)9-16-10-15-13-5-1-2-6-14(13)16/h1-7,10-11,17H,8-9H2. The fourth-order valence-corrected chi connectivity index (χ4v) is 2.11. The fraction of sp³-hybridized carbons (Fsp3) is 0.214. The number of aliphatic hydroxyl groups is 1. The average molecular weight is 242 g/mol. The number of aromatic nitrogens is 2. The summed E-state index contributed by atoms with van der Waals surface area (Å²) < 4.78 is 7.19. The molecule has 0 spiro atoms. The number of fused-ring (bicyclic) bond motifs is 1. The minimum Gasteiger partial charge on any atom is -0.469 e. The van der Waals surface area contributed by atoms with Gasteiger partial charge in [0.15, 0.2) is 0 Å². The first-order valence-corrected chi connectivity index (χ1v) is 5.93. The van der Waals surface area contributed by atoms with Gasteiger partial charge in [0.1, 0.15) is 5.76 Å². The quantitative estimate of drug-likeness (QED) is 0.763. The Bertz CT molecular complexity index is 628. The lowest BCUT2D eigenvalue weighted by atomic mass is 10.2. The molecular weight excluding hydrogens is 228 g/mol. The number of hydrogen-bond acceptors (Lipinski definition) is 3. The van der Waals surface area contributed by atoms with Gasteiger partial charge in [-0.2, -0.15) is 0 Å². The highest BCUT2D eigenvalue weighted by Crippen LogP contribution is 2.13. The summed E-state index contributed by atoms with van der Waals surface area (Å²) in [6.45, 7) is 0.515. The Hall–Kier alpha value is -2.07. The first kappa shape index (κ1) is 11.0. The molecule has 1 aromatic carbocycles. The third-order valence-corrected chi connectivity index (χ3v) is 2.95. The van der Waals surface area contributed by atoms with E-state index in [9.17, 15) is 5.11 Å². The molecule has 0 aliphatic rings. The van der Waals surface area contributed by atoms with Crippen molar-refractivity contribution in [1.82, 2.24) is 9.55 Å². The summed E-state index contributed by atoms with van der Waals surface area (Å²) in [5, 5.41) is 10.0. The molecule has 18 heavy (non-hydrogen) atoms. The maximum atomic E-state index is 10.0. The average Bonchev–Trinajstić information content (AvgIpc) is 3.00. The number of rotatable bonds is 4. The summed E-state index contributed by atoms with van der Waals surface area (Å²) in [6.07, 6.45) is 3.42. The smallest absolute Gasteiger partial charge is 0.106 e. The zero-order chi connectivity index (χ0) is 12.4. The van der Waals surface area contributed by atoms with Crippen LogP contribution in [0.4, 0.5) is 0 Å². The number of benzene rings is 1. The number of hydrogen-bond donors (Lipinski definition) is 1. The molecule has 3 aromatic rings. The molecular formula is C14H14N2O2. The molecule has 0 bridgehead atoms. The summed E-state index contributed by atoms with van der Waals surface area (Å²) in [4.78, 5) is 4.30. The summed E-state index contributed by atoms with van der Waals surface area (Å²) in [5.41, 5.74) is 1.98. The van der Waals surface area contributed by atoms with Crippen LogP contribution in [0.5, 0.6) is 0 Å². The lowest BCUT2D eigenvalue weighted by Gasteiger charge is -2.10. The zero-order valence-electron chi connectivity index (χ0n) is 9.86. The molecule has 0 amide bonds. The van der Waals surface area contributed by atoms with Crippen LogP contribution in [0.1, 0.15) is 5.76 Å². The van der Waals surface area contributed by atoms with Crippen LogP contribution < -0.4 is 0 Å². The Balaban J connectivity index is 1.76.